The van der Waals surface area contributed by atoms with Gasteiger partial charge in [0, 0.05) is 25.7 Å². The number of hydrogen-bond acceptors (Lipinski definition) is 3. The van der Waals surface area contributed by atoms with Crippen molar-refractivity contribution in [1.82, 2.24) is 15.5 Å². The molecule has 0 aromatic rings. The van der Waals surface area contributed by atoms with Gasteiger partial charge in [-0.1, -0.05) is 6.92 Å². The average molecular weight is 239 g/mol. The van der Waals surface area contributed by atoms with Crippen molar-refractivity contribution in [1.29, 1.82) is 0 Å². The first-order chi connectivity index (χ1) is 8.16. The Bertz CT molecular complexity index is 292. The van der Waals surface area contributed by atoms with Crippen molar-refractivity contribution in [2.45, 2.75) is 32.2 Å². The topological polar surface area (TPSA) is 61.4 Å². The van der Waals surface area contributed by atoms with Crippen LogP contribution in [0.2, 0.25) is 0 Å². The van der Waals surface area contributed by atoms with Crippen molar-refractivity contribution < 1.29 is 9.59 Å². The van der Waals surface area contributed by atoms with Crippen LogP contribution in [-0.2, 0) is 9.59 Å². The van der Waals surface area contributed by atoms with E-state index in [0.717, 1.165) is 32.4 Å². The third-order valence-corrected chi connectivity index (χ3v) is 3.53. The molecule has 2 amide bonds. The fourth-order valence-electron chi connectivity index (χ4n) is 2.46. The predicted molar refractivity (Wildman–Crippen MR) is 64.4 cm³/mol. The Kier molecular flexibility index (Phi) is 3.99. The van der Waals surface area contributed by atoms with Gasteiger partial charge in [-0.05, 0) is 31.7 Å². The molecule has 0 aromatic heterocycles. The molecule has 5 heteroatoms. The van der Waals surface area contributed by atoms with E-state index in [1.165, 1.54) is 0 Å². The minimum atomic E-state index is -0.427. The first-order valence-corrected chi connectivity index (χ1v) is 6.47. The van der Waals surface area contributed by atoms with Crippen LogP contribution in [0.4, 0.5) is 0 Å². The van der Waals surface area contributed by atoms with Crippen molar-refractivity contribution in [3.05, 3.63) is 0 Å². The minimum Gasteiger partial charge on any atom is -0.345 e. The van der Waals surface area contributed by atoms with Crippen LogP contribution in [-0.4, -0.2) is 48.9 Å². The largest absolute Gasteiger partial charge is 0.345 e. The van der Waals surface area contributed by atoms with Crippen LogP contribution in [0.5, 0.6) is 0 Å². The van der Waals surface area contributed by atoms with Crippen LogP contribution in [0, 0.1) is 5.92 Å². The molecule has 0 aromatic carbocycles. The molecule has 0 spiro atoms. The molecular weight excluding hydrogens is 218 g/mol. The molecule has 1 aliphatic heterocycles. The lowest BCUT2D eigenvalue weighted by Crippen LogP contribution is -2.50. The summed E-state index contributed by atoms with van der Waals surface area (Å²) in [4.78, 5) is 25.3. The van der Waals surface area contributed by atoms with Gasteiger partial charge < -0.3 is 15.5 Å². The smallest absolute Gasteiger partial charge is 0.311 e. The molecule has 0 atom stereocenters. The van der Waals surface area contributed by atoms with Crippen LogP contribution >= 0.6 is 0 Å². The van der Waals surface area contributed by atoms with E-state index in [9.17, 15) is 9.59 Å². The first-order valence-electron chi connectivity index (χ1n) is 6.47. The number of carbonyl (C=O) groups excluding carboxylic acids is 2. The van der Waals surface area contributed by atoms with Gasteiger partial charge in [0.05, 0.1) is 0 Å². The lowest BCUT2D eigenvalue weighted by atomic mass is 9.82. The third kappa shape index (κ3) is 3.19. The van der Waals surface area contributed by atoms with Crippen molar-refractivity contribution >= 4 is 11.8 Å². The van der Waals surface area contributed by atoms with Gasteiger partial charge in [0.25, 0.3) is 0 Å². The zero-order chi connectivity index (χ0) is 12.3. The maximum Gasteiger partial charge on any atom is 0.311 e. The summed E-state index contributed by atoms with van der Waals surface area (Å²) in [6, 6.07) is 0.214. The standard InChI is InChI=1S/C12H21N3O2/c1-9-7-10(8-9)14-11(16)12(17)15-5-2-3-13-4-6-15/h9-10,13H,2-8H2,1H3,(H,14,16). The van der Waals surface area contributed by atoms with Gasteiger partial charge in [-0.15, -0.1) is 0 Å². The predicted octanol–water partition coefficient (Wildman–Crippen LogP) is -0.277. The molecule has 1 heterocycles. The second-order valence-corrected chi connectivity index (χ2v) is 5.14. The highest BCUT2D eigenvalue weighted by Gasteiger charge is 2.30. The van der Waals surface area contributed by atoms with Gasteiger partial charge in [-0.2, -0.15) is 0 Å². The molecule has 0 bridgehead atoms. The van der Waals surface area contributed by atoms with Crippen LogP contribution < -0.4 is 10.6 Å². The molecule has 1 saturated heterocycles. The van der Waals surface area contributed by atoms with E-state index < -0.39 is 5.91 Å². The Morgan fingerprint density at radius 2 is 2.00 bits per heavy atom. The molecular formula is C12H21N3O2. The van der Waals surface area contributed by atoms with Gasteiger partial charge in [0.15, 0.2) is 0 Å². The van der Waals surface area contributed by atoms with Crippen LogP contribution in [0.1, 0.15) is 26.2 Å². The molecule has 17 heavy (non-hydrogen) atoms. The molecule has 2 fully saturated rings. The minimum absolute atomic E-state index is 0.214. The Labute approximate surface area is 102 Å². The van der Waals surface area contributed by atoms with Gasteiger partial charge >= 0.3 is 11.8 Å². The summed E-state index contributed by atoms with van der Waals surface area (Å²) in [6.45, 7) is 5.17. The van der Waals surface area contributed by atoms with Crippen LogP contribution in [0.3, 0.4) is 0 Å². The monoisotopic (exact) mass is 239 g/mol. The van der Waals surface area contributed by atoms with E-state index in [4.69, 9.17) is 0 Å². The van der Waals surface area contributed by atoms with E-state index in [1.54, 1.807) is 4.90 Å². The Balaban J connectivity index is 1.79. The summed E-state index contributed by atoms with van der Waals surface area (Å²) in [5, 5.41) is 6.03. The number of nitrogens with zero attached hydrogens (tertiary/aromatic N) is 1. The number of hydrogen-bond donors (Lipinski definition) is 2. The zero-order valence-electron chi connectivity index (χ0n) is 10.4. The van der Waals surface area contributed by atoms with Gasteiger partial charge in [-0.25, -0.2) is 0 Å². The van der Waals surface area contributed by atoms with E-state index in [1.807, 2.05) is 0 Å². The number of carbonyl (C=O) groups is 2. The molecule has 0 unspecified atom stereocenters. The SMILES string of the molecule is CC1CC(NC(=O)C(=O)N2CCCNCC2)C1. The summed E-state index contributed by atoms with van der Waals surface area (Å²) in [7, 11) is 0. The zero-order valence-corrected chi connectivity index (χ0v) is 10.4. The fraction of sp³-hybridized carbons (Fsp3) is 0.833. The Morgan fingerprint density at radius 1 is 1.24 bits per heavy atom. The van der Waals surface area contributed by atoms with Crippen molar-refractivity contribution in [3.8, 4) is 0 Å². The molecule has 2 N–H and O–H groups in total. The molecule has 1 saturated carbocycles. The molecule has 0 radical (unpaired) electrons. The summed E-state index contributed by atoms with van der Waals surface area (Å²) in [5.41, 5.74) is 0. The fourth-order valence-corrected chi connectivity index (χ4v) is 2.46. The average Bonchev–Trinajstić information content (AvgIpc) is 2.54. The molecule has 5 nitrogen and oxygen atoms in total. The van der Waals surface area contributed by atoms with E-state index in [-0.39, 0.29) is 11.9 Å². The molecule has 2 rings (SSSR count). The molecule has 1 aliphatic carbocycles. The molecule has 96 valence electrons. The highest BCUT2D eigenvalue weighted by molar-refractivity contribution is 6.35. The summed E-state index contributed by atoms with van der Waals surface area (Å²) in [6.07, 6.45) is 2.92. The Morgan fingerprint density at radius 3 is 2.71 bits per heavy atom. The Hall–Kier alpha value is -1.10. The van der Waals surface area contributed by atoms with Crippen molar-refractivity contribution in [2.24, 2.45) is 5.92 Å². The summed E-state index contributed by atoms with van der Waals surface area (Å²) < 4.78 is 0. The lowest BCUT2D eigenvalue weighted by Gasteiger charge is -2.33. The second kappa shape index (κ2) is 5.49. The maximum atomic E-state index is 11.9. The van der Waals surface area contributed by atoms with Crippen LogP contribution in [0.25, 0.3) is 0 Å². The summed E-state index contributed by atoms with van der Waals surface area (Å²) >= 11 is 0. The van der Waals surface area contributed by atoms with Crippen molar-refractivity contribution in [2.75, 3.05) is 26.2 Å². The number of amides is 2. The quantitative estimate of drug-likeness (QED) is 0.619. The van der Waals surface area contributed by atoms with Gasteiger partial charge in [0.1, 0.15) is 0 Å². The lowest BCUT2D eigenvalue weighted by molar-refractivity contribution is -0.146. The van der Waals surface area contributed by atoms with Crippen molar-refractivity contribution in [3.63, 3.8) is 0 Å². The first kappa shape index (κ1) is 12.4. The van der Waals surface area contributed by atoms with Gasteiger partial charge in [-0.3, -0.25) is 9.59 Å². The highest BCUT2D eigenvalue weighted by atomic mass is 16.2. The van der Waals surface area contributed by atoms with E-state index in [2.05, 4.69) is 17.6 Å². The highest BCUT2D eigenvalue weighted by Crippen LogP contribution is 2.26. The second-order valence-electron chi connectivity index (χ2n) is 5.14. The number of rotatable bonds is 1. The maximum absolute atomic E-state index is 11.9. The molecule has 2 aliphatic rings. The van der Waals surface area contributed by atoms with E-state index >= 15 is 0 Å². The normalized spacial score (nSPS) is 29.1. The number of nitrogens with one attached hydrogen (secondary N) is 2. The van der Waals surface area contributed by atoms with Crippen LogP contribution in [0.15, 0.2) is 0 Å². The van der Waals surface area contributed by atoms with E-state index in [0.29, 0.717) is 19.0 Å². The summed E-state index contributed by atoms with van der Waals surface area (Å²) in [5.74, 6) is -0.116. The third-order valence-electron chi connectivity index (χ3n) is 3.53. The van der Waals surface area contributed by atoms with Gasteiger partial charge in [0.2, 0.25) is 0 Å².